The summed E-state index contributed by atoms with van der Waals surface area (Å²) in [5.74, 6) is 1.08. The molecule has 5 rings (SSSR count). The molecule has 2 N–H and O–H groups in total. The first-order valence-electron chi connectivity index (χ1n) is 10.6. The largest absolute Gasteiger partial charge is 0.490 e. The maximum absolute atomic E-state index is 12.7. The van der Waals surface area contributed by atoms with Crippen molar-refractivity contribution in [2.24, 2.45) is 0 Å². The van der Waals surface area contributed by atoms with Crippen molar-refractivity contribution in [2.75, 3.05) is 18.4 Å². The second-order valence-corrected chi connectivity index (χ2v) is 8.99. The molecular weight excluding hydrogens is 422 g/mol. The maximum atomic E-state index is 12.7. The normalized spacial score (nSPS) is 14.4. The van der Waals surface area contributed by atoms with Gasteiger partial charge in [0.25, 0.3) is 5.91 Å². The van der Waals surface area contributed by atoms with Crippen LogP contribution in [0, 0.1) is 6.92 Å². The summed E-state index contributed by atoms with van der Waals surface area (Å²) in [6.45, 7) is 3.89. The monoisotopic (exact) mass is 445 g/mol. The smallest absolute Gasteiger partial charge is 0.256 e. The molecular formula is C24H23N5O2S. The van der Waals surface area contributed by atoms with Crippen LogP contribution in [-0.2, 0) is 0 Å². The molecule has 7 nitrogen and oxygen atoms in total. The van der Waals surface area contributed by atoms with E-state index in [2.05, 4.69) is 25.8 Å². The first-order chi connectivity index (χ1) is 15.6. The van der Waals surface area contributed by atoms with Crippen molar-refractivity contribution < 1.29 is 9.53 Å². The second-order valence-electron chi connectivity index (χ2n) is 7.80. The molecule has 0 saturated carbocycles. The Morgan fingerprint density at radius 1 is 1.06 bits per heavy atom. The zero-order valence-corrected chi connectivity index (χ0v) is 18.5. The number of carbonyl (C=O) groups is 1. The molecule has 1 aliphatic rings. The van der Waals surface area contributed by atoms with E-state index in [0.29, 0.717) is 11.4 Å². The molecule has 2 aromatic heterocycles. The Kier molecular flexibility index (Phi) is 5.79. The molecule has 0 spiro atoms. The lowest BCUT2D eigenvalue weighted by Crippen LogP contribution is -2.34. The Bertz CT molecular complexity index is 1250. The number of hydrogen-bond acceptors (Lipinski definition) is 7. The van der Waals surface area contributed by atoms with E-state index in [1.807, 2.05) is 43.3 Å². The highest BCUT2D eigenvalue weighted by Gasteiger charge is 2.15. The molecule has 1 amide bonds. The molecule has 4 aromatic rings. The Labute approximate surface area is 189 Å². The fourth-order valence-electron chi connectivity index (χ4n) is 3.73. The van der Waals surface area contributed by atoms with E-state index in [0.717, 1.165) is 58.0 Å². The number of amides is 1. The lowest BCUT2D eigenvalue weighted by molar-refractivity contribution is 0.102. The summed E-state index contributed by atoms with van der Waals surface area (Å²) in [6.07, 6.45) is 3.98. The second kappa shape index (κ2) is 9.02. The molecule has 0 atom stereocenters. The van der Waals surface area contributed by atoms with Crippen LogP contribution in [0.5, 0.6) is 5.75 Å². The fourth-order valence-corrected chi connectivity index (χ4v) is 4.42. The van der Waals surface area contributed by atoms with Crippen LogP contribution in [0.3, 0.4) is 0 Å². The third-order valence-electron chi connectivity index (χ3n) is 5.44. The topological polar surface area (TPSA) is 89.0 Å². The van der Waals surface area contributed by atoms with Gasteiger partial charge >= 0.3 is 0 Å². The number of carbonyl (C=O) groups excluding carboxylic acids is 1. The van der Waals surface area contributed by atoms with Crippen molar-refractivity contribution in [3.63, 3.8) is 0 Å². The molecule has 3 heterocycles. The Morgan fingerprint density at radius 3 is 2.62 bits per heavy atom. The SMILES string of the molecule is Cc1nnc(-c2ccc3cnc(NC(=O)c4ccc(OC5CCNCC5)cc4)cc3c2)s1. The van der Waals surface area contributed by atoms with Gasteiger partial charge in [0.2, 0.25) is 0 Å². The lowest BCUT2D eigenvalue weighted by atomic mass is 10.1. The number of pyridine rings is 1. The van der Waals surface area contributed by atoms with E-state index in [4.69, 9.17) is 4.74 Å². The highest BCUT2D eigenvalue weighted by molar-refractivity contribution is 7.14. The summed E-state index contributed by atoms with van der Waals surface area (Å²) in [4.78, 5) is 17.1. The number of nitrogens with one attached hydrogen (secondary N) is 2. The number of fused-ring (bicyclic) bond motifs is 1. The van der Waals surface area contributed by atoms with Gasteiger partial charge in [-0.2, -0.15) is 0 Å². The van der Waals surface area contributed by atoms with Crippen LogP contribution >= 0.6 is 11.3 Å². The molecule has 1 fully saturated rings. The Hall–Kier alpha value is -3.36. The summed E-state index contributed by atoms with van der Waals surface area (Å²) in [5.41, 5.74) is 1.55. The summed E-state index contributed by atoms with van der Waals surface area (Å²) in [5, 5.41) is 18.3. The van der Waals surface area contributed by atoms with Gasteiger partial charge in [0.05, 0.1) is 0 Å². The van der Waals surface area contributed by atoms with E-state index >= 15 is 0 Å². The van der Waals surface area contributed by atoms with Crippen LogP contribution in [0.25, 0.3) is 21.3 Å². The fraction of sp³-hybridized carbons (Fsp3) is 0.250. The molecule has 8 heteroatoms. The minimum absolute atomic E-state index is 0.207. The maximum Gasteiger partial charge on any atom is 0.256 e. The van der Waals surface area contributed by atoms with Crippen LogP contribution < -0.4 is 15.4 Å². The number of anilines is 1. The molecule has 0 radical (unpaired) electrons. The van der Waals surface area contributed by atoms with Crippen LogP contribution in [-0.4, -0.2) is 40.3 Å². The standard InChI is InChI=1S/C24H23N5O2S/c1-15-28-29-24(32-15)17-2-3-18-14-26-22(13-19(18)12-17)27-23(30)16-4-6-20(7-5-16)31-21-8-10-25-11-9-21/h2-7,12-14,21,25H,8-11H2,1H3,(H,26,27,30). The van der Waals surface area contributed by atoms with E-state index in [1.165, 1.54) is 0 Å². The van der Waals surface area contributed by atoms with Crippen molar-refractivity contribution in [1.82, 2.24) is 20.5 Å². The number of rotatable bonds is 5. The zero-order valence-electron chi connectivity index (χ0n) is 17.7. The third-order valence-corrected chi connectivity index (χ3v) is 6.33. The van der Waals surface area contributed by atoms with Crippen molar-refractivity contribution in [1.29, 1.82) is 0 Å². The first kappa shape index (κ1) is 20.5. The van der Waals surface area contributed by atoms with Crippen molar-refractivity contribution in [3.05, 3.63) is 65.3 Å². The number of hydrogen-bond donors (Lipinski definition) is 2. The number of piperidine rings is 1. The Morgan fingerprint density at radius 2 is 1.88 bits per heavy atom. The van der Waals surface area contributed by atoms with Crippen molar-refractivity contribution in [3.8, 4) is 16.3 Å². The van der Waals surface area contributed by atoms with Gasteiger partial charge in [-0.1, -0.05) is 23.5 Å². The Balaban J connectivity index is 1.29. The number of aromatic nitrogens is 3. The minimum atomic E-state index is -0.207. The zero-order chi connectivity index (χ0) is 21.9. The van der Waals surface area contributed by atoms with E-state index < -0.39 is 0 Å². The van der Waals surface area contributed by atoms with Gasteiger partial charge in [-0.05, 0) is 74.6 Å². The summed E-state index contributed by atoms with van der Waals surface area (Å²) >= 11 is 1.55. The average Bonchev–Trinajstić information content (AvgIpc) is 3.26. The van der Waals surface area contributed by atoms with E-state index in [1.54, 1.807) is 29.7 Å². The minimum Gasteiger partial charge on any atom is -0.490 e. The number of ether oxygens (including phenoxy) is 1. The average molecular weight is 446 g/mol. The molecule has 0 bridgehead atoms. The molecule has 0 aliphatic carbocycles. The first-order valence-corrected chi connectivity index (χ1v) is 11.4. The predicted octanol–water partition coefficient (Wildman–Crippen LogP) is 4.44. The summed E-state index contributed by atoms with van der Waals surface area (Å²) in [7, 11) is 0. The molecule has 32 heavy (non-hydrogen) atoms. The molecule has 0 unspecified atom stereocenters. The lowest BCUT2D eigenvalue weighted by Gasteiger charge is -2.23. The molecule has 2 aromatic carbocycles. The van der Waals surface area contributed by atoms with Crippen LogP contribution in [0.15, 0.2) is 54.7 Å². The van der Waals surface area contributed by atoms with Gasteiger partial charge in [-0.15, -0.1) is 10.2 Å². The van der Waals surface area contributed by atoms with E-state index in [-0.39, 0.29) is 12.0 Å². The van der Waals surface area contributed by atoms with Gasteiger partial charge in [0, 0.05) is 22.7 Å². The third kappa shape index (κ3) is 4.61. The van der Waals surface area contributed by atoms with Crippen LogP contribution in [0.4, 0.5) is 5.82 Å². The highest BCUT2D eigenvalue weighted by Crippen LogP contribution is 2.27. The molecule has 162 valence electrons. The number of nitrogens with zero attached hydrogens (tertiary/aromatic N) is 3. The highest BCUT2D eigenvalue weighted by atomic mass is 32.1. The van der Waals surface area contributed by atoms with Gasteiger partial charge in [0.1, 0.15) is 27.7 Å². The summed E-state index contributed by atoms with van der Waals surface area (Å²) < 4.78 is 6.01. The van der Waals surface area contributed by atoms with Crippen molar-refractivity contribution >= 4 is 33.8 Å². The molecule has 1 saturated heterocycles. The van der Waals surface area contributed by atoms with Crippen LogP contribution in [0.1, 0.15) is 28.2 Å². The van der Waals surface area contributed by atoms with Gasteiger partial charge < -0.3 is 15.4 Å². The number of benzene rings is 2. The predicted molar refractivity (Wildman–Crippen MR) is 126 cm³/mol. The van der Waals surface area contributed by atoms with E-state index in [9.17, 15) is 4.79 Å². The van der Waals surface area contributed by atoms with Crippen LogP contribution in [0.2, 0.25) is 0 Å². The molecule has 1 aliphatic heterocycles. The summed E-state index contributed by atoms with van der Waals surface area (Å²) in [6, 6.07) is 15.2. The van der Waals surface area contributed by atoms with Gasteiger partial charge in [0.15, 0.2) is 0 Å². The number of aryl methyl sites for hydroxylation is 1. The van der Waals surface area contributed by atoms with Gasteiger partial charge in [-0.3, -0.25) is 4.79 Å². The quantitative estimate of drug-likeness (QED) is 0.472. The van der Waals surface area contributed by atoms with Gasteiger partial charge in [-0.25, -0.2) is 4.98 Å². The van der Waals surface area contributed by atoms with Crippen molar-refractivity contribution in [2.45, 2.75) is 25.9 Å².